The van der Waals surface area contributed by atoms with Gasteiger partial charge in [0.1, 0.15) is 5.75 Å². The number of anilines is 1. The zero-order valence-corrected chi connectivity index (χ0v) is 14.0. The highest BCUT2D eigenvalue weighted by Crippen LogP contribution is 2.34. The summed E-state index contributed by atoms with van der Waals surface area (Å²) in [5.74, 6) is -1.53. The second kappa shape index (κ2) is 7.61. The van der Waals surface area contributed by atoms with Crippen LogP contribution in [-0.4, -0.2) is 19.2 Å². The molecule has 7 heteroatoms. The van der Waals surface area contributed by atoms with E-state index in [2.05, 4.69) is 6.58 Å². The minimum atomic E-state index is -5.03. The zero-order valence-electron chi connectivity index (χ0n) is 13.3. The lowest BCUT2D eigenvalue weighted by molar-refractivity contribution is -0.170. The summed E-state index contributed by atoms with van der Waals surface area (Å²) in [6.07, 6.45) is -3.76. The molecule has 0 aliphatic carbocycles. The summed E-state index contributed by atoms with van der Waals surface area (Å²) in [6, 6.07) is 10.9. The van der Waals surface area contributed by atoms with E-state index in [1.54, 1.807) is 12.1 Å². The van der Waals surface area contributed by atoms with Crippen molar-refractivity contribution < 1.29 is 22.7 Å². The molecule has 2 aromatic carbocycles. The minimum Gasteiger partial charge on any atom is -0.497 e. The van der Waals surface area contributed by atoms with Gasteiger partial charge in [-0.2, -0.15) is 13.2 Å². The molecule has 1 atom stereocenters. The van der Waals surface area contributed by atoms with Gasteiger partial charge in [0.05, 0.1) is 13.2 Å². The number of rotatable bonds is 5. The molecule has 3 nitrogen and oxygen atoms in total. The van der Waals surface area contributed by atoms with Crippen molar-refractivity contribution in [2.45, 2.75) is 12.2 Å². The third-order valence-corrected chi connectivity index (χ3v) is 3.78. The van der Waals surface area contributed by atoms with Crippen molar-refractivity contribution in [3.63, 3.8) is 0 Å². The molecule has 0 unspecified atom stereocenters. The van der Waals surface area contributed by atoms with Crippen LogP contribution in [0.4, 0.5) is 18.9 Å². The van der Waals surface area contributed by atoms with Crippen LogP contribution in [-0.2, 0) is 4.79 Å². The molecule has 132 valence electrons. The van der Waals surface area contributed by atoms with E-state index in [0.717, 1.165) is 0 Å². The highest BCUT2D eigenvalue weighted by molar-refractivity contribution is 6.30. The number of alkyl halides is 3. The van der Waals surface area contributed by atoms with E-state index in [1.807, 2.05) is 0 Å². The summed E-state index contributed by atoms with van der Waals surface area (Å²) in [6.45, 7) is 3.59. The molecule has 2 aromatic rings. The zero-order chi connectivity index (χ0) is 18.6. The second-order valence-electron chi connectivity index (χ2n) is 5.10. The van der Waals surface area contributed by atoms with Crippen molar-refractivity contribution in [1.82, 2.24) is 0 Å². The van der Waals surface area contributed by atoms with Gasteiger partial charge in [-0.15, -0.1) is 6.58 Å². The van der Waals surface area contributed by atoms with Crippen LogP contribution in [0.2, 0.25) is 5.02 Å². The Labute approximate surface area is 148 Å². The van der Waals surface area contributed by atoms with Crippen molar-refractivity contribution in [1.29, 1.82) is 0 Å². The molecule has 0 bridgehead atoms. The number of carbonyl (C=O) groups is 1. The molecule has 0 aromatic heterocycles. The number of ether oxygens (including phenoxy) is 1. The first kappa shape index (κ1) is 18.9. The van der Waals surface area contributed by atoms with E-state index in [-0.39, 0.29) is 5.69 Å². The maximum absolute atomic E-state index is 13.1. The molecule has 0 aliphatic rings. The highest BCUT2D eigenvalue weighted by atomic mass is 35.5. The third kappa shape index (κ3) is 4.33. The first-order valence-electron chi connectivity index (χ1n) is 7.20. The summed E-state index contributed by atoms with van der Waals surface area (Å²) in [4.78, 5) is 12.7. The van der Waals surface area contributed by atoms with Gasteiger partial charge in [0.15, 0.2) is 0 Å². The second-order valence-corrected chi connectivity index (χ2v) is 5.54. The van der Waals surface area contributed by atoms with Crippen molar-refractivity contribution in [3.05, 3.63) is 71.8 Å². The number of benzene rings is 2. The van der Waals surface area contributed by atoms with Gasteiger partial charge in [0, 0.05) is 10.7 Å². The van der Waals surface area contributed by atoms with Gasteiger partial charge in [-0.25, -0.2) is 0 Å². The topological polar surface area (TPSA) is 29.5 Å². The van der Waals surface area contributed by atoms with Crippen molar-refractivity contribution in [3.8, 4) is 5.75 Å². The Morgan fingerprint density at radius 1 is 1.16 bits per heavy atom. The van der Waals surface area contributed by atoms with Gasteiger partial charge >= 0.3 is 12.1 Å². The molecule has 25 heavy (non-hydrogen) atoms. The maximum atomic E-state index is 13.1. The van der Waals surface area contributed by atoms with Crippen LogP contribution in [0.15, 0.2) is 61.2 Å². The van der Waals surface area contributed by atoms with Crippen LogP contribution in [0.1, 0.15) is 11.6 Å². The highest BCUT2D eigenvalue weighted by Gasteiger charge is 2.45. The molecule has 0 heterocycles. The Kier molecular flexibility index (Phi) is 5.74. The average Bonchev–Trinajstić information content (AvgIpc) is 2.59. The average molecular weight is 370 g/mol. The van der Waals surface area contributed by atoms with Gasteiger partial charge in [-0.05, 0) is 42.0 Å². The molecule has 0 radical (unpaired) electrons. The van der Waals surface area contributed by atoms with Gasteiger partial charge in [0.25, 0.3) is 0 Å². The van der Waals surface area contributed by atoms with Crippen LogP contribution in [0.5, 0.6) is 5.75 Å². The van der Waals surface area contributed by atoms with E-state index in [0.29, 0.717) is 21.2 Å². The molecular formula is C18H15ClF3NO2. The fourth-order valence-corrected chi connectivity index (χ4v) is 2.46. The van der Waals surface area contributed by atoms with Gasteiger partial charge in [-0.1, -0.05) is 29.8 Å². The lowest BCUT2D eigenvalue weighted by Gasteiger charge is -2.31. The predicted molar refractivity (Wildman–Crippen MR) is 90.9 cm³/mol. The number of nitrogens with zero attached hydrogens (tertiary/aromatic N) is 1. The third-order valence-electron chi connectivity index (χ3n) is 3.52. The lowest BCUT2D eigenvalue weighted by atomic mass is 10.0. The Balaban J connectivity index is 2.53. The molecule has 0 fully saturated rings. The molecule has 0 N–H and O–H groups in total. The summed E-state index contributed by atoms with van der Waals surface area (Å²) >= 11 is 5.82. The number of hydrogen-bond donors (Lipinski definition) is 0. The van der Waals surface area contributed by atoms with E-state index in [9.17, 15) is 18.0 Å². The molecular weight excluding hydrogens is 355 g/mol. The summed E-state index contributed by atoms with van der Waals surface area (Å²) in [5.41, 5.74) is 0.524. The lowest BCUT2D eigenvalue weighted by Crippen LogP contribution is -2.43. The summed E-state index contributed by atoms with van der Waals surface area (Å²) in [7, 11) is 1.44. The SMILES string of the molecule is C=C[C@@H](c1ccc(Cl)cc1)N(C(=O)C(F)(F)F)c1ccc(OC)cc1. The number of methoxy groups -OCH3 is 1. The maximum Gasteiger partial charge on any atom is 0.471 e. The van der Waals surface area contributed by atoms with Crippen LogP contribution in [0.25, 0.3) is 0 Å². The largest absolute Gasteiger partial charge is 0.497 e. The van der Waals surface area contributed by atoms with Crippen LogP contribution in [0, 0.1) is 0 Å². The standard InChI is InChI=1S/C18H15ClF3NO2/c1-3-16(12-4-6-13(19)7-5-12)23(17(24)18(20,21)22)14-8-10-15(25-2)11-9-14/h3-11,16H,1H2,2H3/t16-/m0/s1. The van der Waals surface area contributed by atoms with E-state index in [1.165, 1.54) is 49.6 Å². The minimum absolute atomic E-state index is 0.0722. The van der Waals surface area contributed by atoms with Gasteiger partial charge in [0.2, 0.25) is 0 Å². The van der Waals surface area contributed by atoms with E-state index < -0.39 is 18.1 Å². The van der Waals surface area contributed by atoms with Gasteiger partial charge in [-0.3, -0.25) is 9.69 Å². The molecule has 0 saturated carbocycles. The molecule has 0 saturated heterocycles. The number of hydrogen-bond acceptors (Lipinski definition) is 2. The van der Waals surface area contributed by atoms with Gasteiger partial charge < -0.3 is 4.74 Å². The first-order valence-corrected chi connectivity index (χ1v) is 7.58. The molecule has 1 amide bonds. The van der Waals surface area contributed by atoms with Crippen molar-refractivity contribution >= 4 is 23.2 Å². The molecule has 2 rings (SSSR count). The number of halogens is 4. The van der Waals surface area contributed by atoms with E-state index in [4.69, 9.17) is 16.3 Å². The quantitative estimate of drug-likeness (QED) is 0.680. The summed E-state index contributed by atoms with van der Waals surface area (Å²) < 4.78 is 44.4. The molecule has 0 spiro atoms. The van der Waals surface area contributed by atoms with Crippen LogP contribution >= 0.6 is 11.6 Å². The fraction of sp³-hybridized carbons (Fsp3) is 0.167. The number of amides is 1. The fourth-order valence-electron chi connectivity index (χ4n) is 2.33. The predicted octanol–water partition coefficient (Wildman–Crippen LogP) is 5.17. The summed E-state index contributed by atoms with van der Waals surface area (Å²) in [5, 5.41) is 0.435. The van der Waals surface area contributed by atoms with Crippen LogP contribution < -0.4 is 9.64 Å². The van der Waals surface area contributed by atoms with E-state index >= 15 is 0 Å². The Morgan fingerprint density at radius 2 is 1.72 bits per heavy atom. The Hall–Kier alpha value is -2.47. The van der Waals surface area contributed by atoms with Crippen molar-refractivity contribution in [2.75, 3.05) is 12.0 Å². The Morgan fingerprint density at radius 3 is 2.16 bits per heavy atom. The molecule has 0 aliphatic heterocycles. The van der Waals surface area contributed by atoms with Crippen molar-refractivity contribution in [2.24, 2.45) is 0 Å². The first-order chi connectivity index (χ1) is 11.8. The van der Waals surface area contributed by atoms with Crippen LogP contribution in [0.3, 0.4) is 0 Å². The monoisotopic (exact) mass is 369 g/mol. The number of carbonyl (C=O) groups excluding carboxylic acids is 1. The smallest absolute Gasteiger partial charge is 0.471 e. The normalized spacial score (nSPS) is 12.4. The Bertz CT molecular complexity index is 742.